The number of nitrogens with one attached hydrogen (secondary N) is 1. The SMILES string of the molecule is OC1CC2(CNC2)Oc2ccc(Br)cc21. The third kappa shape index (κ3) is 1.48. The average Bonchev–Trinajstić information content (AvgIpc) is 2.16. The monoisotopic (exact) mass is 269 g/mol. The van der Waals surface area contributed by atoms with E-state index in [2.05, 4.69) is 21.2 Å². The van der Waals surface area contributed by atoms with Gasteiger partial charge >= 0.3 is 0 Å². The van der Waals surface area contributed by atoms with E-state index in [1.807, 2.05) is 18.2 Å². The van der Waals surface area contributed by atoms with E-state index in [1.54, 1.807) is 0 Å². The molecule has 2 aliphatic rings. The summed E-state index contributed by atoms with van der Waals surface area (Å²) in [6.07, 6.45) is 0.275. The van der Waals surface area contributed by atoms with Crippen LogP contribution in [0.2, 0.25) is 0 Å². The van der Waals surface area contributed by atoms with Crippen molar-refractivity contribution in [2.24, 2.45) is 0 Å². The summed E-state index contributed by atoms with van der Waals surface area (Å²) in [6.45, 7) is 1.67. The van der Waals surface area contributed by atoms with Crippen LogP contribution < -0.4 is 10.1 Å². The minimum Gasteiger partial charge on any atom is -0.484 e. The second-order valence-electron chi connectivity index (χ2n) is 4.29. The Labute approximate surface area is 96.6 Å². The van der Waals surface area contributed by atoms with Crippen LogP contribution in [0.4, 0.5) is 0 Å². The lowest BCUT2D eigenvalue weighted by molar-refractivity contribution is -0.0482. The van der Waals surface area contributed by atoms with Crippen molar-refractivity contribution in [2.45, 2.75) is 18.1 Å². The lowest BCUT2D eigenvalue weighted by Crippen LogP contribution is -2.64. The lowest BCUT2D eigenvalue weighted by atomic mass is 9.84. The van der Waals surface area contributed by atoms with E-state index < -0.39 is 6.10 Å². The standard InChI is InChI=1S/C11H12BrNO2/c12-7-1-2-10-8(3-7)9(14)4-11(15-10)5-13-6-11/h1-3,9,13-14H,4-6H2. The molecule has 0 bridgehead atoms. The van der Waals surface area contributed by atoms with Crippen LogP contribution in [-0.4, -0.2) is 23.8 Å². The van der Waals surface area contributed by atoms with E-state index in [0.717, 1.165) is 28.9 Å². The van der Waals surface area contributed by atoms with E-state index in [0.29, 0.717) is 6.42 Å². The van der Waals surface area contributed by atoms with E-state index in [-0.39, 0.29) is 5.60 Å². The molecule has 3 rings (SSSR count). The van der Waals surface area contributed by atoms with E-state index in [9.17, 15) is 5.11 Å². The highest BCUT2D eigenvalue weighted by atomic mass is 79.9. The maximum atomic E-state index is 10.1. The second kappa shape index (κ2) is 3.20. The summed E-state index contributed by atoms with van der Waals surface area (Å²) in [5, 5.41) is 13.2. The normalized spacial score (nSPS) is 26.7. The molecule has 1 saturated heterocycles. The zero-order valence-corrected chi connectivity index (χ0v) is 9.75. The fraction of sp³-hybridized carbons (Fsp3) is 0.455. The van der Waals surface area contributed by atoms with Crippen LogP contribution in [0.5, 0.6) is 5.75 Å². The van der Waals surface area contributed by atoms with Gasteiger partial charge in [0.15, 0.2) is 0 Å². The largest absolute Gasteiger partial charge is 0.484 e. The van der Waals surface area contributed by atoms with E-state index in [4.69, 9.17) is 4.74 Å². The summed E-state index contributed by atoms with van der Waals surface area (Å²) < 4.78 is 6.92. The van der Waals surface area contributed by atoms with Gasteiger partial charge in [0.2, 0.25) is 0 Å². The van der Waals surface area contributed by atoms with Gasteiger partial charge in [-0.15, -0.1) is 0 Å². The number of benzene rings is 1. The molecule has 1 aromatic rings. The number of aliphatic hydroxyl groups is 1. The molecule has 15 heavy (non-hydrogen) atoms. The van der Waals surface area contributed by atoms with Crippen LogP contribution >= 0.6 is 15.9 Å². The van der Waals surface area contributed by atoms with Crippen molar-refractivity contribution >= 4 is 15.9 Å². The molecule has 1 unspecified atom stereocenters. The molecule has 2 heterocycles. The Bertz CT molecular complexity index is 404. The van der Waals surface area contributed by atoms with Crippen molar-refractivity contribution in [2.75, 3.05) is 13.1 Å². The van der Waals surface area contributed by atoms with Crippen LogP contribution in [0.15, 0.2) is 22.7 Å². The molecule has 1 aromatic carbocycles. The third-order valence-electron chi connectivity index (χ3n) is 3.12. The molecule has 0 amide bonds. The van der Waals surface area contributed by atoms with Gasteiger partial charge in [-0.3, -0.25) is 0 Å². The van der Waals surface area contributed by atoms with Gasteiger partial charge in [-0.2, -0.15) is 0 Å². The molecule has 4 heteroatoms. The van der Waals surface area contributed by atoms with Crippen LogP contribution in [0, 0.1) is 0 Å². The van der Waals surface area contributed by atoms with Gasteiger partial charge in [0.1, 0.15) is 11.4 Å². The zero-order valence-electron chi connectivity index (χ0n) is 8.16. The first-order valence-corrected chi connectivity index (χ1v) is 5.85. The highest BCUT2D eigenvalue weighted by Gasteiger charge is 2.45. The number of ether oxygens (including phenoxy) is 1. The van der Waals surface area contributed by atoms with E-state index >= 15 is 0 Å². The summed E-state index contributed by atoms with van der Waals surface area (Å²) in [6, 6.07) is 5.79. The number of rotatable bonds is 0. The average molecular weight is 270 g/mol. The predicted molar refractivity (Wildman–Crippen MR) is 59.9 cm³/mol. The lowest BCUT2D eigenvalue weighted by Gasteiger charge is -2.47. The molecular formula is C11H12BrNO2. The number of aliphatic hydroxyl groups excluding tert-OH is 1. The highest BCUT2D eigenvalue weighted by molar-refractivity contribution is 9.10. The number of halogens is 1. The Hall–Kier alpha value is -0.580. The first-order chi connectivity index (χ1) is 7.19. The Balaban J connectivity index is 2.01. The van der Waals surface area contributed by atoms with Crippen LogP contribution in [0.3, 0.4) is 0 Å². The van der Waals surface area contributed by atoms with Crippen LogP contribution in [0.1, 0.15) is 18.1 Å². The number of fused-ring (bicyclic) bond motifs is 1. The second-order valence-corrected chi connectivity index (χ2v) is 5.21. The predicted octanol–water partition coefficient (Wildman–Crippen LogP) is 1.61. The molecule has 0 aromatic heterocycles. The molecule has 80 valence electrons. The molecule has 1 atom stereocenters. The van der Waals surface area contributed by atoms with Crippen LogP contribution in [-0.2, 0) is 0 Å². The Morgan fingerprint density at radius 2 is 2.27 bits per heavy atom. The van der Waals surface area contributed by atoms with Gasteiger partial charge in [-0.05, 0) is 18.2 Å². The first-order valence-electron chi connectivity index (χ1n) is 5.06. The maximum absolute atomic E-state index is 10.1. The fourth-order valence-electron chi connectivity index (χ4n) is 2.23. The molecule has 2 aliphatic heterocycles. The molecule has 0 aliphatic carbocycles. The molecule has 0 radical (unpaired) electrons. The maximum Gasteiger partial charge on any atom is 0.136 e. The van der Waals surface area contributed by atoms with Gasteiger partial charge in [0.05, 0.1) is 6.10 Å². The zero-order chi connectivity index (χ0) is 10.5. The summed E-state index contributed by atoms with van der Waals surface area (Å²) in [7, 11) is 0. The first kappa shape index (κ1) is 9.63. The van der Waals surface area contributed by atoms with Crippen molar-refractivity contribution in [3.8, 4) is 5.75 Å². The van der Waals surface area contributed by atoms with Gasteiger partial charge in [-0.1, -0.05) is 15.9 Å². The van der Waals surface area contributed by atoms with Gasteiger partial charge in [0, 0.05) is 29.5 Å². The highest BCUT2D eigenvalue weighted by Crippen LogP contribution is 2.42. The third-order valence-corrected chi connectivity index (χ3v) is 3.61. The molecule has 2 N–H and O–H groups in total. The quantitative estimate of drug-likeness (QED) is 0.752. The summed E-state index contributed by atoms with van der Waals surface area (Å²) in [4.78, 5) is 0. The molecule has 3 nitrogen and oxygen atoms in total. The summed E-state index contributed by atoms with van der Waals surface area (Å²) in [5.41, 5.74) is 0.724. The molecule has 0 saturated carbocycles. The van der Waals surface area contributed by atoms with E-state index in [1.165, 1.54) is 0 Å². The van der Waals surface area contributed by atoms with Gasteiger partial charge < -0.3 is 15.2 Å². The van der Waals surface area contributed by atoms with Crippen molar-refractivity contribution in [3.05, 3.63) is 28.2 Å². The Morgan fingerprint density at radius 1 is 1.47 bits per heavy atom. The Morgan fingerprint density at radius 3 is 2.93 bits per heavy atom. The topological polar surface area (TPSA) is 41.5 Å². The minimum atomic E-state index is -0.409. The van der Waals surface area contributed by atoms with Gasteiger partial charge in [-0.25, -0.2) is 0 Å². The number of hydrogen-bond acceptors (Lipinski definition) is 3. The Kier molecular flexibility index (Phi) is 2.06. The summed E-state index contributed by atoms with van der Waals surface area (Å²) in [5.74, 6) is 0.818. The fourth-order valence-corrected chi connectivity index (χ4v) is 2.61. The van der Waals surface area contributed by atoms with Crippen molar-refractivity contribution in [1.29, 1.82) is 0 Å². The smallest absolute Gasteiger partial charge is 0.136 e. The molecule has 1 spiro atoms. The van der Waals surface area contributed by atoms with Crippen molar-refractivity contribution < 1.29 is 9.84 Å². The van der Waals surface area contributed by atoms with Crippen molar-refractivity contribution in [1.82, 2.24) is 5.32 Å². The number of hydrogen-bond donors (Lipinski definition) is 2. The van der Waals surface area contributed by atoms with Crippen molar-refractivity contribution in [3.63, 3.8) is 0 Å². The minimum absolute atomic E-state index is 0.166. The van der Waals surface area contributed by atoms with Gasteiger partial charge in [0.25, 0.3) is 0 Å². The summed E-state index contributed by atoms with van der Waals surface area (Å²) >= 11 is 3.40. The molecule has 1 fully saturated rings. The molecular weight excluding hydrogens is 258 g/mol. The van der Waals surface area contributed by atoms with Crippen LogP contribution in [0.25, 0.3) is 0 Å².